The lowest BCUT2D eigenvalue weighted by molar-refractivity contribution is 0.199. The van der Waals surface area contributed by atoms with Crippen molar-refractivity contribution in [1.82, 2.24) is 4.90 Å². The standard InChI is InChI=1S/C15H23BrN2/c1-12-5-8-18(9-6-12)10-7-17-14-4-3-13(2)15(16)11-14/h3-4,11-12,17H,5-10H2,1-2H3. The third-order valence-corrected chi connectivity index (χ3v) is 4.66. The highest BCUT2D eigenvalue weighted by atomic mass is 79.9. The molecule has 1 aromatic rings. The Bertz CT molecular complexity index is 384. The van der Waals surface area contributed by atoms with Crippen LogP contribution in [0.2, 0.25) is 0 Å². The van der Waals surface area contributed by atoms with E-state index in [0.29, 0.717) is 0 Å². The van der Waals surface area contributed by atoms with E-state index in [4.69, 9.17) is 0 Å². The first-order valence-electron chi connectivity index (χ1n) is 6.87. The van der Waals surface area contributed by atoms with Crippen molar-refractivity contribution in [2.75, 3.05) is 31.5 Å². The van der Waals surface area contributed by atoms with Crippen molar-refractivity contribution in [3.8, 4) is 0 Å². The lowest BCUT2D eigenvalue weighted by atomic mass is 9.99. The normalized spacial score (nSPS) is 17.9. The highest BCUT2D eigenvalue weighted by Crippen LogP contribution is 2.20. The molecule has 2 rings (SSSR count). The number of piperidine rings is 1. The second-order valence-electron chi connectivity index (χ2n) is 5.41. The van der Waals surface area contributed by atoms with Gasteiger partial charge in [-0.15, -0.1) is 0 Å². The fraction of sp³-hybridized carbons (Fsp3) is 0.600. The summed E-state index contributed by atoms with van der Waals surface area (Å²) in [5.74, 6) is 0.919. The van der Waals surface area contributed by atoms with Crippen LogP contribution in [0.3, 0.4) is 0 Å². The van der Waals surface area contributed by atoms with Gasteiger partial charge in [0.05, 0.1) is 0 Å². The van der Waals surface area contributed by atoms with Crippen LogP contribution in [-0.2, 0) is 0 Å². The average molecular weight is 311 g/mol. The molecule has 1 fully saturated rings. The minimum atomic E-state index is 0.919. The molecule has 1 N–H and O–H groups in total. The number of halogens is 1. The summed E-state index contributed by atoms with van der Waals surface area (Å²) in [6.45, 7) is 9.19. The lowest BCUT2D eigenvalue weighted by Crippen LogP contribution is -2.36. The molecule has 0 spiro atoms. The van der Waals surface area contributed by atoms with Crippen LogP contribution in [0.5, 0.6) is 0 Å². The molecule has 18 heavy (non-hydrogen) atoms. The van der Waals surface area contributed by atoms with Gasteiger partial charge in [-0.3, -0.25) is 0 Å². The summed E-state index contributed by atoms with van der Waals surface area (Å²) in [6.07, 6.45) is 2.71. The SMILES string of the molecule is Cc1ccc(NCCN2CCC(C)CC2)cc1Br. The Morgan fingerprint density at radius 1 is 1.33 bits per heavy atom. The molecule has 0 unspecified atom stereocenters. The van der Waals surface area contributed by atoms with E-state index >= 15 is 0 Å². The third kappa shape index (κ3) is 3.99. The molecule has 0 atom stereocenters. The topological polar surface area (TPSA) is 15.3 Å². The largest absolute Gasteiger partial charge is 0.384 e. The van der Waals surface area contributed by atoms with Gasteiger partial charge in [-0.25, -0.2) is 0 Å². The molecule has 2 nitrogen and oxygen atoms in total. The van der Waals surface area contributed by atoms with Gasteiger partial charge in [0, 0.05) is 23.2 Å². The number of anilines is 1. The highest BCUT2D eigenvalue weighted by Gasteiger charge is 2.14. The highest BCUT2D eigenvalue weighted by molar-refractivity contribution is 9.10. The number of nitrogens with one attached hydrogen (secondary N) is 1. The molecule has 1 heterocycles. The van der Waals surface area contributed by atoms with Crippen molar-refractivity contribution in [2.24, 2.45) is 5.92 Å². The summed E-state index contributed by atoms with van der Waals surface area (Å²) in [7, 11) is 0. The van der Waals surface area contributed by atoms with Crippen LogP contribution >= 0.6 is 15.9 Å². The van der Waals surface area contributed by atoms with Crippen molar-refractivity contribution in [2.45, 2.75) is 26.7 Å². The van der Waals surface area contributed by atoms with Crippen LogP contribution in [0, 0.1) is 12.8 Å². The zero-order chi connectivity index (χ0) is 13.0. The van der Waals surface area contributed by atoms with Gasteiger partial charge in [-0.05, 0) is 56.5 Å². The van der Waals surface area contributed by atoms with Crippen molar-refractivity contribution in [3.05, 3.63) is 28.2 Å². The zero-order valence-corrected chi connectivity index (χ0v) is 13.0. The Labute approximate surface area is 119 Å². The summed E-state index contributed by atoms with van der Waals surface area (Å²) in [5, 5.41) is 3.50. The van der Waals surface area contributed by atoms with E-state index in [2.05, 4.69) is 58.2 Å². The number of hydrogen-bond acceptors (Lipinski definition) is 2. The number of nitrogens with zero attached hydrogens (tertiary/aromatic N) is 1. The zero-order valence-electron chi connectivity index (χ0n) is 11.4. The minimum absolute atomic E-state index is 0.919. The van der Waals surface area contributed by atoms with Gasteiger partial charge in [0.2, 0.25) is 0 Å². The molecule has 100 valence electrons. The van der Waals surface area contributed by atoms with Gasteiger partial charge in [-0.1, -0.05) is 28.9 Å². The van der Waals surface area contributed by atoms with Gasteiger partial charge >= 0.3 is 0 Å². The second-order valence-corrected chi connectivity index (χ2v) is 6.27. The van der Waals surface area contributed by atoms with E-state index in [0.717, 1.165) is 19.0 Å². The molecule has 1 aliphatic heterocycles. The Balaban J connectivity index is 1.73. The average Bonchev–Trinajstić information content (AvgIpc) is 2.36. The Morgan fingerprint density at radius 2 is 2.06 bits per heavy atom. The summed E-state index contributed by atoms with van der Waals surface area (Å²) < 4.78 is 1.18. The van der Waals surface area contributed by atoms with Crippen LogP contribution < -0.4 is 5.32 Å². The number of aryl methyl sites for hydroxylation is 1. The molecule has 3 heteroatoms. The maximum absolute atomic E-state index is 3.57. The maximum atomic E-state index is 3.57. The maximum Gasteiger partial charge on any atom is 0.0352 e. The molecule has 0 bridgehead atoms. The van der Waals surface area contributed by atoms with Crippen molar-refractivity contribution < 1.29 is 0 Å². The number of benzene rings is 1. The molecule has 0 radical (unpaired) electrons. The Morgan fingerprint density at radius 3 is 2.72 bits per heavy atom. The van der Waals surface area contributed by atoms with E-state index in [1.165, 1.54) is 41.7 Å². The molecule has 1 saturated heterocycles. The Kier molecular flexibility index (Phi) is 5.07. The van der Waals surface area contributed by atoms with Crippen molar-refractivity contribution >= 4 is 21.6 Å². The van der Waals surface area contributed by atoms with Crippen LogP contribution in [0.15, 0.2) is 22.7 Å². The molecule has 1 aliphatic rings. The summed E-state index contributed by atoms with van der Waals surface area (Å²) in [4.78, 5) is 2.57. The predicted molar refractivity (Wildman–Crippen MR) is 82.2 cm³/mol. The number of hydrogen-bond donors (Lipinski definition) is 1. The minimum Gasteiger partial charge on any atom is -0.384 e. The van der Waals surface area contributed by atoms with Crippen molar-refractivity contribution in [3.63, 3.8) is 0 Å². The molecular formula is C15H23BrN2. The van der Waals surface area contributed by atoms with E-state index in [1.807, 2.05) is 0 Å². The fourth-order valence-electron chi connectivity index (χ4n) is 2.35. The van der Waals surface area contributed by atoms with Gasteiger partial charge < -0.3 is 10.2 Å². The summed E-state index contributed by atoms with van der Waals surface area (Å²) >= 11 is 3.57. The van der Waals surface area contributed by atoms with Crippen LogP contribution in [0.4, 0.5) is 5.69 Å². The van der Waals surface area contributed by atoms with Gasteiger partial charge in [0.1, 0.15) is 0 Å². The smallest absolute Gasteiger partial charge is 0.0352 e. The van der Waals surface area contributed by atoms with E-state index in [-0.39, 0.29) is 0 Å². The molecule has 0 aromatic heterocycles. The summed E-state index contributed by atoms with van der Waals surface area (Å²) in [5.41, 5.74) is 2.49. The first-order valence-corrected chi connectivity index (χ1v) is 7.67. The quantitative estimate of drug-likeness (QED) is 0.907. The fourth-order valence-corrected chi connectivity index (χ4v) is 2.73. The lowest BCUT2D eigenvalue weighted by Gasteiger charge is -2.30. The van der Waals surface area contributed by atoms with Gasteiger partial charge in [-0.2, -0.15) is 0 Å². The summed E-state index contributed by atoms with van der Waals surface area (Å²) in [6, 6.07) is 6.46. The first-order chi connectivity index (χ1) is 8.65. The monoisotopic (exact) mass is 310 g/mol. The molecular weight excluding hydrogens is 288 g/mol. The van der Waals surface area contributed by atoms with Crippen LogP contribution in [0.25, 0.3) is 0 Å². The third-order valence-electron chi connectivity index (χ3n) is 3.81. The van der Waals surface area contributed by atoms with Gasteiger partial charge in [0.25, 0.3) is 0 Å². The van der Waals surface area contributed by atoms with E-state index in [9.17, 15) is 0 Å². The predicted octanol–water partition coefficient (Wildman–Crippen LogP) is 3.90. The van der Waals surface area contributed by atoms with Gasteiger partial charge in [0.15, 0.2) is 0 Å². The van der Waals surface area contributed by atoms with Crippen molar-refractivity contribution in [1.29, 1.82) is 0 Å². The second kappa shape index (κ2) is 6.58. The Hall–Kier alpha value is -0.540. The first kappa shape index (κ1) is 13.9. The molecule has 1 aromatic carbocycles. The van der Waals surface area contributed by atoms with Crippen LogP contribution in [0.1, 0.15) is 25.3 Å². The number of rotatable bonds is 4. The molecule has 0 amide bonds. The van der Waals surface area contributed by atoms with E-state index in [1.54, 1.807) is 0 Å². The number of likely N-dealkylation sites (tertiary alicyclic amines) is 1. The van der Waals surface area contributed by atoms with Crippen LogP contribution in [-0.4, -0.2) is 31.1 Å². The molecule has 0 aliphatic carbocycles. The molecule has 0 saturated carbocycles. The van der Waals surface area contributed by atoms with E-state index < -0.39 is 0 Å².